The molecule has 0 bridgehead atoms. The summed E-state index contributed by atoms with van der Waals surface area (Å²) >= 11 is 0. The SMILES string of the molecule is CCS(=O)CCNc1cncc2nnnn12. The summed E-state index contributed by atoms with van der Waals surface area (Å²) in [6.07, 6.45) is 3.22. The zero-order chi connectivity index (χ0) is 11.4. The molecule has 1 atom stereocenters. The van der Waals surface area contributed by atoms with E-state index in [1.165, 1.54) is 0 Å². The average Bonchev–Trinajstić information content (AvgIpc) is 2.77. The van der Waals surface area contributed by atoms with Gasteiger partial charge in [-0.15, -0.1) is 5.10 Å². The van der Waals surface area contributed by atoms with Gasteiger partial charge in [-0.3, -0.25) is 9.19 Å². The molecule has 16 heavy (non-hydrogen) atoms. The summed E-state index contributed by atoms with van der Waals surface area (Å²) in [7, 11) is -0.769. The Morgan fingerprint density at radius 2 is 2.38 bits per heavy atom. The van der Waals surface area contributed by atoms with E-state index in [1.807, 2.05) is 6.92 Å². The molecular weight excluding hydrogens is 228 g/mol. The highest BCUT2D eigenvalue weighted by molar-refractivity contribution is 7.84. The molecule has 1 unspecified atom stereocenters. The quantitative estimate of drug-likeness (QED) is 0.772. The van der Waals surface area contributed by atoms with Crippen LogP contribution in [0.5, 0.6) is 0 Å². The van der Waals surface area contributed by atoms with Crippen LogP contribution in [0, 0.1) is 0 Å². The average molecular weight is 240 g/mol. The third-order valence-corrected chi connectivity index (χ3v) is 3.37. The maximum Gasteiger partial charge on any atom is 0.199 e. The molecule has 0 aromatic carbocycles. The van der Waals surface area contributed by atoms with Gasteiger partial charge in [0.05, 0.1) is 12.4 Å². The van der Waals surface area contributed by atoms with E-state index in [0.29, 0.717) is 29.5 Å². The Hall–Kier alpha value is -1.57. The van der Waals surface area contributed by atoms with Crippen LogP contribution >= 0.6 is 0 Å². The summed E-state index contributed by atoms with van der Waals surface area (Å²) in [5.74, 6) is 1.99. The fourth-order valence-corrected chi connectivity index (χ4v) is 1.85. The Bertz CT molecular complexity index is 498. The Morgan fingerprint density at radius 1 is 1.50 bits per heavy atom. The third-order valence-electron chi connectivity index (χ3n) is 2.07. The van der Waals surface area contributed by atoms with Crippen LogP contribution < -0.4 is 5.32 Å². The van der Waals surface area contributed by atoms with Crippen LogP contribution in [0.2, 0.25) is 0 Å². The minimum absolute atomic E-state index is 0.585. The lowest BCUT2D eigenvalue weighted by molar-refractivity contribution is 0.684. The van der Waals surface area contributed by atoms with Crippen LogP contribution in [-0.4, -0.2) is 47.3 Å². The number of aromatic nitrogens is 5. The molecule has 0 fully saturated rings. The fourth-order valence-electron chi connectivity index (χ4n) is 1.23. The van der Waals surface area contributed by atoms with Crippen LogP contribution in [0.15, 0.2) is 12.4 Å². The molecule has 0 aliphatic rings. The molecule has 0 saturated heterocycles. The molecule has 2 heterocycles. The molecule has 8 heteroatoms. The fraction of sp³-hybridized carbons (Fsp3) is 0.500. The lowest BCUT2D eigenvalue weighted by Gasteiger charge is -2.05. The summed E-state index contributed by atoms with van der Waals surface area (Å²) in [5.41, 5.74) is 0.585. The standard InChI is InChI=1S/C8H12N6OS/c1-2-16(15)4-3-10-7-5-9-6-8-11-12-13-14(7)8/h5-6,10H,2-4H2,1H3. The second kappa shape index (κ2) is 4.97. The first-order valence-electron chi connectivity index (χ1n) is 4.92. The zero-order valence-corrected chi connectivity index (χ0v) is 9.65. The maximum atomic E-state index is 11.2. The molecule has 0 saturated carbocycles. The first kappa shape index (κ1) is 10.9. The number of tetrazole rings is 1. The van der Waals surface area contributed by atoms with Crippen molar-refractivity contribution < 1.29 is 4.21 Å². The molecule has 0 amide bonds. The topological polar surface area (TPSA) is 85.1 Å². The van der Waals surface area contributed by atoms with E-state index in [2.05, 4.69) is 25.8 Å². The highest BCUT2D eigenvalue weighted by Crippen LogP contribution is 2.04. The van der Waals surface area contributed by atoms with Gasteiger partial charge in [0.1, 0.15) is 5.82 Å². The van der Waals surface area contributed by atoms with E-state index in [9.17, 15) is 4.21 Å². The summed E-state index contributed by atoms with van der Waals surface area (Å²) in [5, 5.41) is 14.2. The number of rotatable bonds is 5. The van der Waals surface area contributed by atoms with E-state index < -0.39 is 10.8 Å². The van der Waals surface area contributed by atoms with Gasteiger partial charge in [0.25, 0.3) is 0 Å². The van der Waals surface area contributed by atoms with Gasteiger partial charge in [-0.25, -0.2) is 0 Å². The number of hydrogen-bond donors (Lipinski definition) is 1. The van der Waals surface area contributed by atoms with Gasteiger partial charge >= 0.3 is 0 Å². The van der Waals surface area contributed by atoms with Crippen LogP contribution in [0.25, 0.3) is 5.65 Å². The van der Waals surface area contributed by atoms with Crippen molar-refractivity contribution in [3.63, 3.8) is 0 Å². The molecule has 2 aromatic heterocycles. The van der Waals surface area contributed by atoms with Crippen molar-refractivity contribution in [2.75, 3.05) is 23.4 Å². The molecule has 0 aliphatic carbocycles. The van der Waals surface area contributed by atoms with Crippen LogP contribution in [-0.2, 0) is 10.8 Å². The van der Waals surface area contributed by atoms with E-state index in [0.717, 1.165) is 0 Å². The molecule has 86 valence electrons. The lowest BCUT2D eigenvalue weighted by Crippen LogP contribution is -2.14. The molecule has 7 nitrogen and oxygen atoms in total. The van der Waals surface area contributed by atoms with Gasteiger partial charge in [0.2, 0.25) is 0 Å². The zero-order valence-electron chi connectivity index (χ0n) is 8.83. The molecular formula is C8H12N6OS. The molecule has 2 aromatic rings. The maximum absolute atomic E-state index is 11.2. The van der Waals surface area contributed by atoms with Gasteiger partial charge in [-0.2, -0.15) is 4.52 Å². The first-order valence-corrected chi connectivity index (χ1v) is 6.41. The third kappa shape index (κ3) is 2.32. The number of hydrogen-bond acceptors (Lipinski definition) is 6. The molecule has 0 radical (unpaired) electrons. The first-order chi connectivity index (χ1) is 7.81. The van der Waals surface area contributed by atoms with Crippen molar-refractivity contribution >= 4 is 22.3 Å². The highest BCUT2D eigenvalue weighted by Gasteiger charge is 2.03. The van der Waals surface area contributed by atoms with E-state index in [4.69, 9.17) is 0 Å². The Labute approximate surface area is 94.7 Å². The van der Waals surface area contributed by atoms with Gasteiger partial charge in [0.15, 0.2) is 5.65 Å². The monoisotopic (exact) mass is 240 g/mol. The summed E-state index contributed by atoms with van der Waals surface area (Å²) < 4.78 is 12.8. The Balaban J connectivity index is 2.04. The van der Waals surface area contributed by atoms with Crippen molar-refractivity contribution in [2.45, 2.75) is 6.92 Å². The van der Waals surface area contributed by atoms with Crippen LogP contribution in [0.3, 0.4) is 0 Å². The van der Waals surface area contributed by atoms with Gasteiger partial charge in [-0.05, 0) is 10.4 Å². The van der Waals surface area contributed by atoms with Gasteiger partial charge < -0.3 is 5.32 Å². The summed E-state index contributed by atoms with van der Waals surface area (Å²) in [4.78, 5) is 4.00. The van der Waals surface area contributed by atoms with E-state index >= 15 is 0 Å². The summed E-state index contributed by atoms with van der Waals surface area (Å²) in [6, 6.07) is 0. The van der Waals surface area contributed by atoms with Crippen LogP contribution in [0.4, 0.5) is 5.82 Å². The van der Waals surface area contributed by atoms with Crippen molar-refractivity contribution in [3.05, 3.63) is 12.4 Å². The molecule has 2 rings (SSSR count). The second-order valence-electron chi connectivity index (χ2n) is 3.10. The molecule has 1 N–H and O–H groups in total. The highest BCUT2D eigenvalue weighted by atomic mass is 32.2. The van der Waals surface area contributed by atoms with E-state index in [1.54, 1.807) is 16.9 Å². The Kier molecular flexibility index (Phi) is 3.40. The number of fused-ring (bicyclic) bond motifs is 1. The van der Waals surface area contributed by atoms with Crippen LogP contribution in [0.1, 0.15) is 6.92 Å². The number of nitrogens with zero attached hydrogens (tertiary/aromatic N) is 5. The smallest absolute Gasteiger partial charge is 0.199 e. The van der Waals surface area contributed by atoms with Crippen molar-refractivity contribution in [1.82, 2.24) is 25.0 Å². The van der Waals surface area contributed by atoms with Crippen molar-refractivity contribution in [2.24, 2.45) is 0 Å². The lowest BCUT2D eigenvalue weighted by atomic mass is 10.6. The number of nitrogens with one attached hydrogen (secondary N) is 1. The van der Waals surface area contributed by atoms with Gasteiger partial charge in [0, 0.05) is 28.9 Å². The van der Waals surface area contributed by atoms with Crippen molar-refractivity contribution in [1.29, 1.82) is 0 Å². The molecule has 0 spiro atoms. The normalized spacial score (nSPS) is 12.8. The minimum atomic E-state index is -0.769. The Morgan fingerprint density at radius 3 is 3.19 bits per heavy atom. The predicted octanol–water partition coefficient (Wildman–Crippen LogP) is -0.300. The van der Waals surface area contributed by atoms with E-state index in [-0.39, 0.29) is 0 Å². The number of anilines is 1. The molecule has 0 aliphatic heterocycles. The summed E-state index contributed by atoms with van der Waals surface area (Å²) in [6.45, 7) is 2.51. The minimum Gasteiger partial charge on any atom is -0.368 e. The van der Waals surface area contributed by atoms with Gasteiger partial charge in [-0.1, -0.05) is 6.92 Å². The second-order valence-corrected chi connectivity index (χ2v) is 4.97. The predicted molar refractivity (Wildman–Crippen MR) is 60.6 cm³/mol. The van der Waals surface area contributed by atoms with Crippen molar-refractivity contribution in [3.8, 4) is 0 Å². The largest absolute Gasteiger partial charge is 0.368 e.